The van der Waals surface area contributed by atoms with Crippen LogP contribution in [0.1, 0.15) is 11.3 Å². The number of alkyl halides is 3. The summed E-state index contributed by atoms with van der Waals surface area (Å²) in [5.74, 6) is 1.00. The Morgan fingerprint density at radius 2 is 1.56 bits per heavy atom. The quantitative estimate of drug-likeness (QED) is 0.387. The summed E-state index contributed by atoms with van der Waals surface area (Å²) < 4.78 is 44.4. The Balaban J connectivity index is 1.44. The predicted molar refractivity (Wildman–Crippen MR) is 115 cm³/mol. The van der Waals surface area contributed by atoms with Gasteiger partial charge in [-0.3, -0.25) is 4.98 Å². The first-order valence-corrected chi connectivity index (χ1v) is 9.53. The van der Waals surface area contributed by atoms with E-state index in [1.807, 2.05) is 6.92 Å². The van der Waals surface area contributed by atoms with Crippen molar-refractivity contribution in [3.8, 4) is 11.5 Å². The average molecular weight is 438 g/mol. The maximum atomic E-state index is 12.8. The summed E-state index contributed by atoms with van der Waals surface area (Å²) >= 11 is 0. The minimum absolute atomic E-state index is 0.0253. The van der Waals surface area contributed by atoms with E-state index in [9.17, 15) is 18.0 Å². The molecule has 0 aliphatic heterocycles. The number of anilines is 2. The molecule has 2 N–H and O–H groups in total. The number of carbonyl (C=O) groups is 1. The van der Waals surface area contributed by atoms with Crippen molar-refractivity contribution in [3.63, 3.8) is 0 Å². The summed E-state index contributed by atoms with van der Waals surface area (Å²) in [6, 6.07) is 15.6. The second kappa shape index (κ2) is 8.54. The van der Waals surface area contributed by atoms with E-state index in [-0.39, 0.29) is 5.69 Å². The third-order valence-corrected chi connectivity index (χ3v) is 4.41. The number of nitrogens with one attached hydrogen (secondary N) is 2. The van der Waals surface area contributed by atoms with Crippen LogP contribution in [0.15, 0.2) is 72.9 Å². The highest BCUT2D eigenvalue weighted by atomic mass is 19.4. The lowest BCUT2D eigenvalue weighted by Gasteiger charge is -2.12. The van der Waals surface area contributed by atoms with E-state index in [2.05, 4.69) is 20.6 Å². The van der Waals surface area contributed by atoms with Crippen molar-refractivity contribution in [3.05, 3.63) is 84.2 Å². The molecule has 3 aromatic carbocycles. The van der Waals surface area contributed by atoms with E-state index in [4.69, 9.17) is 4.74 Å². The highest BCUT2D eigenvalue weighted by Gasteiger charge is 2.30. The summed E-state index contributed by atoms with van der Waals surface area (Å²) in [5.41, 5.74) is 1.80. The number of ether oxygens (including phenoxy) is 1. The van der Waals surface area contributed by atoms with Crippen LogP contribution in [0.3, 0.4) is 0 Å². The van der Waals surface area contributed by atoms with Crippen molar-refractivity contribution in [2.75, 3.05) is 10.6 Å². The maximum absolute atomic E-state index is 12.8. The smallest absolute Gasteiger partial charge is 0.416 e. The number of hydrogen-bond donors (Lipinski definition) is 2. The second-order valence-electron chi connectivity index (χ2n) is 6.95. The molecule has 0 bridgehead atoms. The average Bonchev–Trinajstić information content (AvgIpc) is 2.73. The Morgan fingerprint density at radius 1 is 0.875 bits per heavy atom. The number of amides is 2. The van der Waals surface area contributed by atoms with E-state index >= 15 is 0 Å². The van der Waals surface area contributed by atoms with E-state index in [1.165, 1.54) is 12.1 Å². The molecule has 1 aromatic heterocycles. The molecular formula is C23H17F3N4O2. The number of benzene rings is 3. The van der Waals surface area contributed by atoms with Gasteiger partial charge in [0.15, 0.2) is 0 Å². The molecule has 2 amide bonds. The molecule has 0 aliphatic rings. The van der Waals surface area contributed by atoms with Crippen molar-refractivity contribution in [2.45, 2.75) is 13.1 Å². The fraction of sp³-hybridized carbons (Fsp3) is 0.0870. The molecule has 4 aromatic rings. The maximum Gasteiger partial charge on any atom is 0.416 e. The lowest BCUT2D eigenvalue weighted by atomic mass is 10.2. The summed E-state index contributed by atoms with van der Waals surface area (Å²) in [6.07, 6.45) is -2.81. The molecule has 0 saturated carbocycles. The molecule has 0 aliphatic carbocycles. The third kappa shape index (κ3) is 5.12. The van der Waals surface area contributed by atoms with Crippen LogP contribution in [0.25, 0.3) is 11.0 Å². The van der Waals surface area contributed by atoms with E-state index in [1.54, 1.807) is 48.7 Å². The van der Waals surface area contributed by atoms with Gasteiger partial charge in [0.05, 0.1) is 22.3 Å². The SMILES string of the molecule is Cc1cnc2ccc(Oc3cccc(NC(=O)Nc4cccc(C(F)(F)F)c4)c3)cc2n1. The van der Waals surface area contributed by atoms with E-state index < -0.39 is 17.8 Å². The van der Waals surface area contributed by atoms with Crippen molar-refractivity contribution in [1.29, 1.82) is 0 Å². The number of aromatic nitrogens is 2. The van der Waals surface area contributed by atoms with Crippen LogP contribution in [-0.4, -0.2) is 16.0 Å². The lowest BCUT2D eigenvalue weighted by molar-refractivity contribution is -0.137. The van der Waals surface area contributed by atoms with Crippen LogP contribution in [0.4, 0.5) is 29.3 Å². The Bertz CT molecular complexity index is 1290. The van der Waals surface area contributed by atoms with Crippen molar-refractivity contribution < 1.29 is 22.7 Å². The summed E-state index contributed by atoms with van der Waals surface area (Å²) in [7, 11) is 0. The van der Waals surface area contributed by atoms with Crippen molar-refractivity contribution in [2.24, 2.45) is 0 Å². The minimum atomic E-state index is -4.49. The molecule has 162 valence electrons. The largest absolute Gasteiger partial charge is 0.457 e. The van der Waals surface area contributed by atoms with Gasteiger partial charge < -0.3 is 15.4 Å². The summed E-state index contributed by atoms with van der Waals surface area (Å²) in [4.78, 5) is 20.9. The minimum Gasteiger partial charge on any atom is -0.457 e. The fourth-order valence-corrected chi connectivity index (χ4v) is 2.99. The van der Waals surface area contributed by atoms with Gasteiger partial charge in [-0.05, 0) is 49.4 Å². The molecule has 0 atom stereocenters. The van der Waals surface area contributed by atoms with E-state index in [0.29, 0.717) is 22.7 Å². The van der Waals surface area contributed by atoms with Crippen LogP contribution in [0.5, 0.6) is 11.5 Å². The van der Waals surface area contributed by atoms with Gasteiger partial charge in [0, 0.05) is 29.7 Å². The number of hydrogen-bond acceptors (Lipinski definition) is 4. The molecular weight excluding hydrogens is 421 g/mol. The molecule has 1 heterocycles. The third-order valence-electron chi connectivity index (χ3n) is 4.41. The molecule has 9 heteroatoms. The monoisotopic (exact) mass is 438 g/mol. The highest BCUT2D eigenvalue weighted by Crippen LogP contribution is 2.31. The normalized spacial score (nSPS) is 11.2. The van der Waals surface area contributed by atoms with Gasteiger partial charge in [0.25, 0.3) is 0 Å². The van der Waals surface area contributed by atoms with Gasteiger partial charge in [-0.25, -0.2) is 9.78 Å². The Morgan fingerprint density at radius 3 is 2.31 bits per heavy atom. The van der Waals surface area contributed by atoms with Crippen LogP contribution in [0.2, 0.25) is 0 Å². The van der Waals surface area contributed by atoms with Crippen molar-refractivity contribution in [1.82, 2.24) is 9.97 Å². The number of rotatable bonds is 4. The molecule has 0 radical (unpaired) electrons. The number of urea groups is 1. The van der Waals surface area contributed by atoms with Gasteiger partial charge in [0.1, 0.15) is 11.5 Å². The number of aryl methyl sites for hydroxylation is 1. The standard InChI is InChI=1S/C23H17F3N4O2/c1-14-13-27-20-9-8-19(12-21(20)28-14)32-18-7-3-6-17(11-18)30-22(31)29-16-5-2-4-15(10-16)23(24,25)26/h2-13H,1H3,(H2,29,30,31). The molecule has 0 saturated heterocycles. The Kier molecular flexibility index (Phi) is 5.63. The molecule has 6 nitrogen and oxygen atoms in total. The van der Waals surface area contributed by atoms with Gasteiger partial charge in [0.2, 0.25) is 0 Å². The first kappa shape index (κ1) is 21.1. The first-order valence-electron chi connectivity index (χ1n) is 9.53. The zero-order valence-corrected chi connectivity index (χ0v) is 16.8. The number of carbonyl (C=O) groups excluding carboxylic acids is 1. The summed E-state index contributed by atoms with van der Waals surface area (Å²) in [5, 5.41) is 4.97. The van der Waals surface area contributed by atoms with Gasteiger partial charge in [-0.2, -0.15) is 13.2 Å². The fourth-order valence-electron chi connectivity index (χ4n) is 2.99. The summed E-state index contributed by atoms with van der Waals surface area (Å²) in [6.45, 7) is 1.85. The van der Waals surface area contributed by atoms with Gasteiger partial charge >= 0.3 is 12.2 Å². The van der Waals surface area contributed by atoms with Crippen LogP contribution in [0, 0.1) is 6.92 Å². The second-order valence-corrected chi connectivity index (χ2v) is 6.95. The first-order chi connectivity index (χ1) is 15.3. The van der Waals surface area contributed by atoms with Gasteiger partial charge in [-0.1, -0.05) is 12.1 Å². The number of halogens is 3. The molecule has 4 rings (SSSR count). The number of nitrogens with zero attached hydrogens (tertiary/aromatic N) is 2. The molecule has 0 fully saturated rings. The van der Waals surface area contributed by atoms with Crippen LogP contribution >= 0.6 is 0 Å². The van der Waals surface area contributed by atoms with Crippen molar-refractivity contribution >= 4 is 28.4 Å². The molecule has 32 heavy (non-hydrogen) atoms. The molecule has 0 unspecified atom stereocenters. The lowest BCUT2D eigenvalue weighted by Crippen LogP contribution is -2.19. The Labute approximate surface area is 181 Å². The predicted octanol–water partition coefficient (Wildman–Crippen LogP) is 6.39. The topological polar surface area (TPSA) is 76.1 Å². The zero-order chi connectivity index (χ0) is 22.7. The van der Waals surface area contributed by atoms with Gasteiger partial charge in [-0.15, -0.1) is 0 Å². The van der Waals surface area contributed by atoms with E-state index in [0.717, 1.165) is 23.3 Å². The van der Waals surface area contributed by atoms with Crippen LogP contribution < -0.4 is 15.4 Å². The Hall–Kier alpha value is -4.14. The highest BCUT2D eigenvalue weighted by molar-refractivity contribution is 5.99. The van der Waals surface area contributed by atoms with Crippen LogP contribution in [-0.2, 0) is 6.18 Å². The molecule has 0 spiro atoms. The number of fused-ring (bicyclic) bond motifs is 1. The zero-order valence-electron chi connectivity index (χ0n) is 16.8.